The maximum Gasteiger partial charge on any atom is 0.216 e. The van der Waals surface area contributed by atoms with E-state index in [0.29, 0.717) is 0 Å². The molecule has 0 saturated carbocycles. The third-order valence-corrected chi connectivity index (χ3v) is 3.64. The Morgan fingerprint density at radius 3 is 2.76 bits per heavy atom. The quantitative estimate of drug-likeness (QED) is 0.589. The molecule has 0 unspecified atom stereocenters. The molecule has 86 valence electrons. The Morgan fingerprint density at radius 1 is 1.12 bits per heavy atom. The molecule has 3 rings (SSSR count). The monoisotopic (exact) mass is 224 g/mol. The molecular formula is C16H18N+. The lowest BCUT2D eigenvalue weighted by Crippen LogP contribution is -2.30. The molecule has 0 radical (unpaired) electrons. The Morgan fingerprint density at radius 2 is 1.94 bits per heavy atom. The number of aryl methyl sites for hydroxylation is 2. The van der Waals surface area contributed by atoms with Crippen LogP contribution in [0.2, 0.25) is 0 Å². The van der Waals surface area contributed by atoms with Crippen molar-refractivity contribution < 1.29 is 4.57 Å². The lowest BCUT2D eigenvalue weighted by atomic mass is 9.99. The number of fused-ring (bicyclic) bond motifs is 3. The fourth-order valence-corrected chi connectivity index (χ4v) is 2.94. The van der Waals surface area contributed by atoms with Crippen LogP contribution in [0.5, 0.6) is 0 Å². The molecule has 0 fully saturated rings. The van der Waals surface area contributed by atoms with E-state index in [1.54, 1.807) is 0 Å². The summed E-state index contributed by atoms with van der Waals surface area (Å²) in [6.07, 6.45) is 5.63. The van der Waals surface area contributed by atoms with Gasteiger partial charge in [0.15, 0.2) is 6.20 Å². The van der Waals surface area contributed by atoms with E-state index < -0.39 is 0 Å². The largest absolute Gasteiger partial charge is 0.216 e. The predicted octanol–water partition coefficient (Wildman–Crippen LogP) is 3.03. The van der Waals surface area contributed by atoms with Crippen LogP contribution >= 0.6 is 0 Å². The number of hydrogen-bond acceptors (Lipinski definition) is 0. The molecule has 17 heavy (non-hydrogen) atoms. The summed E-state index contributed by atoms with van der Waals surface area (Å²) in [5.41, 5.74) is 7.38. The van der Waals surface area contributed by atoms with Crippen molar-refractivity contribution in [1.82, 2.24) is 0 Å². The van der Waals surface area contributed by atoms with Crippen LogP contribution in [0.1, 0.15) is 30.0 Å². The van der Waals surface area contributed by atoms with Gasteiger partial charge in [0.2, 0.25) is 5.69 Å². The van der Waals surface area contributed by atoms with Crippen LogP contribution in [-0.4, -0.2) is 0 Å². The number of benzene rings is 1. The molecule has 0 amide bonds. The lowest BCUT2D eigenvalue weighted by molar-refractivity contribution is -0.660. The number of nitrogens with zero attached hydrogens (tertiary/aromatic N) is 1. The first-order valence-electron chi connectivity index (χ1n) is 6.40. The van der Waals surface area contributed by atoms with Gasteiger partial charge in [0.05, 0.1) is 5.56 Å². The van der Waals surface area contributed by atoms with Gasteiger partial charge in [-0.15, -0.1) is 0 Å². The Bertz CT molecular complexity index is 570. The highest BCUT2D eigenvalue weighted by Gasteiger charge is 2.27. The molecule has 1 heterocycles. The second-order valence-corrected chi connectivity index (χ2v) is 4.87. The maximum absolute atomic E-state index is 2.28. The molecule has 0 spiro atoms. The molecule has 0 bridgehead atoms. The number of hydrogen-bond donors (Lipinski definition) is 0. The van der Waals surface area contributed by atoms with E-state index in [4.69, 9.17) is 0 Å². The Labute approximate surface area is 103 Å². The predicted molar refractivity (Wildman–Crippen MR) is 69.9 cm³/mol. The Hall–Kier alpha value is -1.63. The van der Waals surface area contributed by atoms with E-state index in [2.05, 4.69) is 55.1 Å². The van der Waals surface area contributed by atoms with E-state index in [0.717, 1.165) is 6.42 Å². The normalized spacial score (nSPS) is 12.4. The van der Waals surface area contributed by atoms with Gasteiger partial charge in [-0.25, -0.2) is 4.57 Å². The van der Waals surface area contributed by atoms with Crippen molar-refractivity contribution in [3.63, 3.8) is 0 Å². The van der Waals surface area contributed by atoms with Crippen molar-refractivity contribution in [2.75, 3.05) is 0 Å². The second-order valence-electron chi connectivity index (χ2n) is 4.87. The van der Waals surface area contributed by atoms with Crippen molar-refractivity contribution in [3.05, 3.63) is 53.2 Å². The van der Waals surface area contributed by atoms with Crippen molar-refractivity contribution in [2.24, 2.45) is 7.05 Å². The van der Waals surface area contributed by atoms with Crippen LogP contribution < -0.4 is 4.57 Å². The number of aromatic nitrogens is 1. The summed E-state index contributed by atoms with van der Waals surface area (Å²) in [5.74, 6) is 0. The third kappa shape index (κ3) is 1.57. The van der Waals surface area contributed by atoms with Gasteiger partial charge in [-0.3, -0.25) is 0 Å². The van der Waals surface area contributed by atoms with Gasteiger partial charge in [-0.1, -0.05) is 31.5 Å². The van der Waals surface area contributed by atoms with Gasteiger partial charge in [-0.2, -0.15) is 0 Å². The minimum atomic E-state index is 1.09. The first-order chi connectivity index (χ1) is 8.31. The molecule has 1 nitrogen and oxygen atoms in total. The average molecular weight is 224 g/mol. The van der Waals surface area contributed by atoms with Crippen molar-refractivity contribution in [2.45, 2.75) is 26.2 Å². The topological polar surface area (TPSA) is 3.88 Å². The average Bonchev–Trinajstić information content (AvgIpc) is 2.70. The highest BCUT2D eigenvalue weighted by atomic mass is 14.9. The standard InChI is InChI=1S/C16H18N/c1-3-6-12-7-4-8-13-11-14-9-5-10-17(2)16(14)15(12)13/h4-5,7-10H,3,6,11H2,1-2H3/q+1. The van der Waals surface area contributed by atoms with Crippen LogP contribution in [0, 0.1) is 0 Å². The van der Waals surface area contributed by atoms with E-state index in [1.807, 2.05) is 0 Å². The molecular weight excluding hydrogens is 206 g/mol. The summed E-state index contributed by atoms with van der Waals surface area (Å²) in [6, 6.07) is 11.2. The fourth-order valence-electron chi connectivity index (χ4n) is 2.94. The Kier molecular flexibility index (Phi) is 2.47. The number of rotatable bonds is 2. The molecule has 1 heteroatoms. The summed E-state index contributed by atoms with van der Waals surface area (Å²) in [5, 5.41) is 0. The highest BCUT2D eigenvalue weighted by molar-refractivity contribution is 5.74. The van der Waals surface area contributed by atoms with Gasteiger partial charge in [0, 0.05) is 18.1 Å². The van der Waals surface area contributed by atoms with Crippen molar-refractivity contribution in [1.29, 1.82) is 0 Å². The van der Waals surface area contributed by atoms with E-state index in [-0.39, 0.29) is 0 Å². The molecule has 1 aliphatic carbocycles. The van der Waals surface area contributed by atoms with E-state index in [9.17, 15) is 0 Å². The van der Waals surface area contributed by atoms with Gasteiger partial charge in [-0.05, 0) is 23.6 Å². The SMILES string of the molecule is CCCc1cccc2c1-c1c(ccc[n+]1C)C2. The van der Waals surface area contributed by atoms with Gasteiger partial charge in [0.1, 0.15) is 7.05 Å². The summed E-state index contributed by atoms with van der Waals surface area (Å²) in [6.45, 7) is 2.25. The lowest BCUT2D eigenvalue weighted by Gasteiger charge is -2.06. The summed E-state index contributed by atoms with van der Waals surface area (Å²) in [7, 11) is 2.15. The summed E-state index contributed by atoms with van der Waals surface area (Å²) >= 11 is 0. The van der Waals surface area contributed by atoms with Crippen LogP contribution in [-0.2, 0) is 19.9 Å². The van der Waals surface area contributed by atoms with Crippen LogP contribution in [0.3, 0.4) is 0 Å². The van der Waals surface area contributed by atoms with E-state index in [1.165, 1.54) is 40.8 Å². The molecule has 0 atom stereocenters. The van der Waals surface area contributed by atoms with Crippen molar-refractivity contribution >= 4 is 0 Å². The van der Waals surface area contributed by atoms with Crippen molar-refractivity contribution in [3.8, 4) is 11.3 Å². The zero-order valence-electron chi connectivity index (χ0n) is 10.5. The highest BCUT2D eigenvalue weighted by Crippen LogP contribution is 2.36. The summed E-state index contributed by atoms with van der Waals surface area (Å²) < 4.78 is 2.26. The molecule has 0 aliphatic heterocycles. The Balaban J connectivity index is 2.26. The molecule has 1 aliphatic rings. The fraction of sp³-hybridized carbons (Fsp3) is 0.312. The minimum absolute atomic E-state index is 1.09. The zero-order valence-corrected chi connectivity index (χ0v) is 10.5. The molecule has 1 aromatic carbocycles. The van der Waals surface area contributed by atoms with E-state index >= 15 is 0 Å². The first kappa shape index (κ1) is 10.5. The smallest absolute Gasteiger partial charge is 0.201 e. The second kappa shape index (κ2) is 3.99. The first-order valence-corrected chi connectivity index (χ1v) is 6.40. The molecule has 2 aromatic rings. The summed E-state index contributed by atoms with van der Waals surface area (Å²) in [4.78, 5) is 0. The molecule has 0 saturated heterocycles. The maximum atomic E-state index is 2.28. The van der Waals surface area contributed by atoms with Crippen LogP contribution in [0.15, 0.2) is 36.5 Å². The van der Waals surface area contributed by atoms with Gasteiger partial charge < -0.3 is 0 Å². The van der Waals surface area contributed by atoms with Gasteiger partial charge in [0.25, 0.3) is 0 Å². The van der Waals surface area contributed by atoms with Crippen LogP contribution in [0.25, 0.3) is 11.3 Å². The van der Waals surface area contributed by atoms with Gasteiger partial charge >= 0.3 is 0 Å². The van der Waals surface area contributed by atoms with Crippen LogP contribution in [0.4, 0.5) is 0 Å². The minimum Gasteiger partial charge on any atom is -0.201 e. The molecule has 0 N–H and O–H groups in total. The number of pyridine rings is 1. The molecule has 1 aromatic heterocycles. The zero-order chi connectivity index (χ0) is 11.8. The third-order valence-electron chi connectivity index (χ3n) is 3.64.